The molecule has 1 aromatic carbocycles. The number of ether oxygens (including phenoxy) is 1. The molecule has 1 aliphatic rings. The van der Waals surface area contributed by atoms with E-state index in [0.717, 1.165) is 19.3 Å². The zero-order chi connectivity index (χ0) is 16.2. The van der Waals surface area contributed by atoms with E-state index in [4.69, 9.17) is 9.15 Å². The summed E-state index contributed by atoms with van der Waals surface area (Å²) in [5.74, 6) is 1.11. The molecule has 0 fully saturated rings. The van der Waals surface area contributed by atoms with Crippen molar-refractivity contribution in [2.75, 3.05) is 0 Å². The molecule has 1 aliphatic carbocycles. The van der Waals surface area contributed by atoms with Crippen LogP contribution in [0.1, 0.15) is 55.5 Å². The van der Waals surface area contributed by atoms with Crippen LogP contribution in [0.3, 0.4) is 0 Å². The van der Waals surface area contributed by atoms with Crippen molar-refractivity contribution < 1.29 is 13.9 Å². The predicted molar refractivity (Wildman–Crippen MR) is 85.1 cm³/mol. The topological polar surface area (TPSA) is 65.2 Å². The normalized spacial score (nSPS) is 17.1. The number of rotatable bonds is 5. The molecule has 0 spiro atoms. The number of aromatic nitrogens is 2. The number of benzene rings is 1. The number of nitrogens with zero attached hydrogens (tertiary/aromatic N) is 2. The number of hydrogen-bond acceptors (Lipinski definition) is 5. The van der Waals surface area contributed by atoms with Crippen LogP contribution >= 0.6 is 0 Å². The first-order valence-corrected chi connectivity index (χ1v) is 8.20. The lowest BCUT2D eigenvalue weighted by Crippen LogP contribution is -2.25. The van der Waals surface area contributed by atoms with Crippen LogP contribution in [-0.2, 0) is 28.8 Å². The summed E-state index contributed by atoms with van der Waals surface area (Å²) in [6.45, 7) is 3.99. The third-order valence-corrected chi connectivity index (χ3v) is 4.12. The summed E-state index contributed by atoms with van der Waals surface area (Å²) in [6.07, 6.45) is 3.35. The average molecular weight is 314 g/mol. The highest BCUT2D eigenvalue weighted by Crippen LogP contribution is 2.23. The van der Waals surface area contributed by atoms with Gasteiger partial charge in [-0.2, -0.15) is 0 Å². The van der Waals surface area contributed by atoms with Gasteiger partial charge in [0.05, 0.1) is 6.42 Å². The Kier molecular flexibility index (Phi) is 4.74. The minimum absolute atomic E-state index is 0.0219. The number of aryl methyl sites for hydroxylation is 2. The fourth-order valence-corrected chi connectivity index (χ4v) is 2.82. The van der Waals surface area contributed by atoms with Crippen molar-refractivity contribution in [3.8, 4) is 0 Å². The maximum atomic E-state index is 12.0. The van der Waals surface area contributed by atoms with Crippen molar-refractivity contribution >= 4 is 5.97 Å². The van der Waals surface area contributed by atoms with E-state index in [9.17, 15) is 4.79 Å². The van der Waals surface area contributed by atoms with Crippen LogP contribution in [0.15, 0.2) is 28.7 Å². The van der Waals surface area contributed by atoms with E-state index in [1.54, 1.807) is 0 Å². The second kappa shape index (κ2) is 6.94. The van der Waals surface area contributed by atoms with Gasteiger partial charge in [0.15, 0.2) is 0 Å². The van der Waals surface area contributed by atoms with E-state index >= 15 is 0 Å². The van der Waals surface area contributed by atoms with Gasteiger partial charge in [0, 0.05) is 18.8 Å². The van der Waals surface area contributed by atoms with E-state index in [1.807, 2.05) is 19.9 Å². The molecule has 1 heterocycles. The van der Waals surface area contributed by atoms with E-state index < -0.39 is 0 Å². The minimum Gasteiger partial charge on any atom is -0.462 e. The highest BCUT2D eigenvalue weighted by molar-refractivity contribution is 5.69. The van der Waals surface area contributed by atoms with Gasteiger partial charge in [-0.1, -0.05) is 38.1 Å². The Labute approximate surface area is 136 Å². The maximum absolute atomic E-state index is 12.0. The highest BCUT2D eigenvalue weighted by Gasteiger charge is 2.22. The fraction of sp³-hybridized carbons (Fsp3) is 0.500. The van der Waals surface area contributed by atoms with Crippen LogP contribution < -0.4 is 0 Å². The lowest BCUT2D eigenvalue weighted by Gasteiger charge is -2.24. The number of esters is 1. The molecule has 122 valence electrons. The molecule has 0 amide bonds. The largest absolute Gasteiger partial charge is 0.462 e. The van der Waals surface area contributed by atoms with Crippen LogP contribution in [0.5, 0.6) is 0 Å². The molecule has 5 nitrogen and oxygen atoms in total. The first kappa shape index (κ1) is 15.7. The third-order valence-electron chi connectivity index (χ3n) is 4.12. The Bertz CT molecular complexity index is 678. The summed E-state index contributed by atoms with van der Waals surface area (Å²) in [4.78, 5) is 12.0. The molecule has 0 saturated heterocycles. The quantitative estimate of drug-likeness (QED) is 0.793. The van der Waals surface area contributed by atoms with Gasteiger partial charge in [0.1, 0.15) is 6.10 Å². The van der Waals surface area contributed by atoms with E-state index in [2.05, 4.69) is 28.4 Å². The molecule has 1 aromatic heterocycles. The molecule has 0 N–H and O–H groups in total. The fourth-order valence-electron chi connectivity index (χ4n) is 2.82. The van der Waals surface area contributed by atoms with Gasteiger partial charge in [-0.3, -0.25) is 4.79 Å². The smallest absolute Gasteiger partial charge is 0.306 e. The Morgan fingerprint density at radius 1 is 1.30 bits per heavy atom. The van der Waals surface area contributed by atoms with Gasteiger partial charge in [0.2, 0.25) is 11.8 Å². The number of fused-ring (bicyclic) bond motifs is 1. The second-order valence-corrected chi connectivity index (χ2v) is 6.31. The average Bonchev–Trinajstić information content (AvgIpc) is 3.02. The molecule has 5 heteroatoms. The lowest BCUT2D eigenvalue weighted by molar-refractivity contribution is -0.149. The van der Waals surface area contributed by atoms with Crippen molar-refractivity contribution in [3.63, 3.8) is 0 Å². The molecule has 1 atom stereocenters. The van der Waals surface area contributed by atoms with E-state index in [-0.39, 0.29) is 24.4 Å². The lowest BCUT2D eigenvalue weighted by atomic mass is 9.90. The Hall–Kier alpha value is -2.17. The van der Waals surface area contributed by atoms with Crippen molar-refractivity contribution in [1.82, 2.24) is 10.2 Å². The Morgan fingerprint density at radius 2 is 2.09 bits per heavy atom. The summed E-state index contributed by atoms with van der Waals surface area (Å²) in [7, 11) is 0. The van der Waals surface area contributed by atoms with Gasteiger partial charge < -0.3 is 9.15 Å². The number of hydrogen-bond donors (Lipinski definition) is 0. The van der Waals surface area contributed by atoms with Crippen molar-refractivity contribution in [1.29, 1.82) is 0 Å². The highest BCUT2D eigenvalue weighted by atomic mass is 16.5. The first-order valence-electron chi connectivity index (χ1n) is 8.20. The minimum atomic E-state index is -0.196. The van der Waals surface area contributed by atoms with Crippen LogP contribution in [0.25, 0.3) is 0 Å². The summed E-state index contributed by atoms with van der Waals surface area (Å²) in [5.41, 5.74) is 2.65. The first-order chi connectivity index (χ1) is 11.1. The Morgan fingerprint density at radius 3 is 2.83 bits per heavy atom. The van der Waals surface area contributed by atoms with Gasteiger partial charge in [-0.15, -0.1) is 10.2 Å². The van der Waals surface area contributed by atoms with E-state index in [1.165, 1.54) is 11.1 Å². The standard InChI is InChI=1S/C18H22N2O3/c1-12(2)18-20-19-16(23-18)9-10-17(21)22-15-8-7-13-5-3-4-6-14(13)11-15/h3-6,12,15H,7-11H2,1-2H3/t15-/m1/s1. The van der Waals surface area contributed by atoms with Crippen LogP contribution in [0.2, 0.25) is 0 Å². The SMILES string of the molecule is CC(C)c1nnc(CCC(=O)O[C@@H]2CCc3ccccc3C2)o1. The molecule has 0 saturated carbocycles. The molecular weight excluding hydrogens is 292 g/mol. The molecule has 0 radical (unpaired) electrons. The molecule has 23 heavy (non-hydrogen) atoms. The zero-order valence-electron chi connectivity index (χ0n) is 13.6. The van der Waals surface area contributed by atoms with Crippen molar-refractivity contribution in [3.05, 3.63) is 47.2 Å². The molecule has 2 aromatic rings. The predicted octanol–water partition coefficient (Wildman–Crippen LogP) is 3.23. The second-order valence-electron chi connectivity index (χ2n) is 6.31. The van der Waals surface area contributed by atoms with E-state index in [0.29, 0.717) is 18.2 Å². The summed E-state index contributed by atoms with van der Waals surface area (Å²) in [5, 5.41) is 7.93. The van der Waals surface area contributed by atoms with Gasteiger partial charge >= 0.3 is 5.97 Å². The summed E-state index contributed by atoms with van der Waals surface area (Å²) < 4.78 is 11.1. The van der Waals surface area contributed by atoms with Crippen LogP contribution in [0.4, 0.5) is 0 Å². The van der Waals surface area contributed by atoms with Gasteiger partial charge in [-0.05, 0) is 24.0 Å². The Balaban J connectivity index is 1.48. The summed E-state index contributed by atoms with van der Waals surface area (Å²) >= 11 is 0. The number of carbonyl (C=O) groups is 1. The monoisotopic (exact) mass is 314 g/mol. The van der Waals surface area contributed by atoms with Crippen molar-refractivity contribution in [2.24, 2.45) is 0 Å². The molecule has 0 unspecified atom stereocenters. The van der Waals surface area contributed by atoms with Gasteiger partial charge in [-0.25, -0.2) is 0 Å². The molecule has 3 rings (SSSR count). The molecule has 0 bridgehead atoms. The van der Waals surface area contributed by atoms with Crippen LogP contribution in [-0.4, -0.2) is 22.3 Å². The van der Waals surface area contributed by atoms with Crippen molar-refractivity contribution in [2.45, 2.75) is 58.0 Å². The van der Waals surface area contributed by atoms with Crippen LogP contribution in [0, 0.1) is 0 Å². The van der Waals surface area contributed by atoms with Gasteiger partial charge in [0.25, 0.3) is 0 Å². The molecular formula is C18H22N2O3. The maximum Gasteiger partial charge on any atom is 0.306 e. The summed E-state index contributed by atoms with van der Waals surface area (Å²) in [6, 6.07) is 8.35. The number of carbonyl (C=O) groups excluding carboxylic acids is 1. The third kappa shape index (κ3) is 3.97. The zero-order valence-corrected chi connectivity index (χ0v) is 13.6. The molecule has 0 aliphatic heterocycles.